The molecule has 2 heterocycles. The van der Waals surface area contributed by atoms with Gasteiger partial charge >= 0.3 is 5.97 Å². The van der Waals surface area contributed by atoms with E-state index in [9.17, 15) is 9.90 Å². The summed E-state index contributed by atoms with van der Waals surface area (Å²) in [5.74, 6) is 0.602. The van der Waals surface area contributed by atoms with E-state index in [2.05, 4.69) is 10.1 Å². The van der Waals surface area contributed by atoms with Gasteiger partial charge in [0, 0.05) is 12.3 Å². The fourth-order valence-electron chi connectivity index (χ4n) is 5.90. The van der Waals surface area contributed by atoms with Crippen molar-refractivity contribution in [1.82, 2.24) is 14.8 Å². The molecule has 172 valence electrons. The Morgan fingerprint density at radius 3 is 2.27 bits per heavy atom. The predicted octanol–water partition coefficient (Wildman–Crippen LogP) is 0.687. The molecule has 33 heavy (non-hydrogen) atoms. The molecule has 7 nitrogen and oxygen atoms in total. The smallest absolute Gasteiger partial charge is 0.341 e. The molecule has 0 amide bonds. The zero-order valence-electron chi connectivity index (χ0n) is 20.1. The highest BCUT2D eigenvalue weighted by atomic mass is 35.5. The van der Waals surface area contributed by atoms with Gasteiger partial charge < -0.3 is 14.6 Å². The molecule has 3 aliphatic carbocycles. The van der Waals surface area contributed by atoms with Crippen LogP contribution in [0.25, 0.3) is 5.82 Å². The monoisotopic (exact) mass is 467 g/mol. The van der Waals surface area contributed by atoms with Gasteiger partial charge in [0.1, 0.15) is 34.3 Å². The molecule has 3 aliphatic rings. The van der Waals surface area contributed by atoms with Crippen LogP contribution in [0, 0.1) is 16.7 Å². The van der Waals surface area contributed by atoms with Crippen LogP contribution in [0.2, 0.25) is 5.15 Å². The first-order valence-corrected chi connectivity index (χ1v) is 12.0. The number of halogens is 1. The lowest BCUT2D eigenvalue weighted by Gasteiger charge is -2.41. The maximum absolute atomic E-state index is 12.3. The summed E-state index contributed by atoms with van der Waals surface area (Å²) >= 11 is 6.27. The molecule has 0 aromatic carbocycles. The third-order valence-electron chi connectivity index (χ3n) is 7.98. The van der Waals surface area contributed by atoms with Crippen molar-refractivity contribution in [3.8, 4) is 11.7 Å². The summed E-state index contributed by atoms with van der Waals surface area (Å²) < 4.78 is 13.2. The Balaban J connectivity index is 1.31. The van der Waals surface area contributed by atoms with Gasteiger partial charge in [0.05, 0.1) is 16.5 Å². The Kier molecular flexibility index (Phi) is 4.72. The summed E-state index contributed by atoms with van der Waals surface area (Å²) in [7, 11) is 5.78. The average Bonchev–Trinajstić information content (AvgIpc) is 3.63. The van der Waals surface area contributed by atoms with E-state index in [0.717, 1.165) is 0 Å². The molecule has 3 saturated carbocycles. The van der Waals surface area contributed by atoms with Gasteiger partial charge in [-0.2, -0.15) is 0 Å². The first kappa shape index (κ1) is 22.8. The zero-order chi connectivity index (χ0) is 24.0. The summed E-state index contributed by atoms with van der Waals surface area (Å²) in [5, 5.41) is 15.3. The highest BCUT2D eigenvalue weighted by molar-refractivity contribution is 6.44. The molecule has 0 saturated heterocycles. The minimum absolute atomic E-state index is 0.0428. The maximum atomic E-state index is 12.3. The molecule has 3 fully saturated rings. The molecule has 0 bridgehead atoms. The summed E-state index contributed by atoms with van der Waals surface area (Å²) in [4.78, 5) is 16.6. The number of carbonyl (C=O) groups excluding carboxylic acids is 1. The molecule has 5 rings (SSSR count). The van der Waals surface area contributed by atoms with Crippen molar-refractivity contribution in [1.29, 1.82) is 0 Å². The van der Waals surface area contributed by atoms with Gasteiger partial charge in [0.15, 0.2) is 5.82 Å². The van der Waals surface area contributed by atoms with Crippen molar-refractivity contribution in [3.05, 3.63) is 35.1 Å². The van der Waals surface area contributed by atoms with E-state index in [1.807, 2.05) is 23.5 Å². The number of pyridine rings is 1. The van der Waals surface area contributed by atoms with E-state index in [1.54, 1.807) is 45.2 Å². The van der Waals surface area contributed by atoms with E-state index >= 15 is 0 Å². The Morgan fingerprint density at radius 1 is 1.15 bits per heavy atom. The lowest BCUT2D eigenvalue weighted by Crippen LogP contribution is -2.62. The quantitative estimate of drug-likeness (QED) is 0.382. The number of rotatable bonds is 6. The zero-order valence-corrected chi connectivity index (χ0v) is 20.9. The molecule has 1 N–H and O–H groups in total. The van der Waals surface area contributed by atoms with Crippen LogP contribution >= 0.6 is 11.6 Å². The van der Waals surface area contributed by atoms with Gasteiger partial charge in [-0.3, -0.25) is 0 Å². The lowest BCUT2D eigenvalue weighted by molar-refractivity contribution is -0.00719. The second-order valence-corrected chi connectivity index (χ2v) is 12.0. The second-order valence-electron chi connectivity index (χ2n) is 11.6. The van der Waals surface area contributed by atoms with Crippen LogP contribution in [0.15, 0.2) is 24.4 Å². The summed E-state index contributed by atoms with van der Waals surface area (Å²) in [5.41, 5.74) is -0.677. The van der Waals surface area contributed by atoms with Crippen molar-refractivity contribution in [2.24, 2.45) is 16.7 Å². The number of esters is 1. The summed E-state index contributed by atoms with van der Waals surface area (Å²) in [6.07, 6.45) is 6.62. The highest BCUT2D eigenvalue weighted by Gasteiger charge is 2.90. The third kappa shape index (κ3) is 3.52. The number of fused-ring (bicyclic) bond motifs is 1. The lowest BCUT2D eigenvalue weighted by atomic mass is 9.47. The van der Waals surface area contributed by atoms with Gasteiger partial charge in [0.25, 0.3) is 0 Å². The highest BCUT2D eigenvalue weighted by Crippen LogP contribution is 2.94. The molecule has 2 spiro atoms. The maximum Gasteiger partial charge on any atom is 0.341 e. The Labute approximate surface area is 201 Å². The van der Waals surface area contributed by atoms with Crippen LogP contribution in [0.3, 0.4) is 0 Å². The normalized spacial score (nSPS) is 22.1. The SMILES string of the molecule is BC(B)(Oc1ccn(-c2ccc(C(=O)OC(C)(C)C)c(Cl)n2)n1)C(B)(O)C1C2(CC2)C12CC2. The van der Waals surface area contributed by atoms with Crippen molar-refractivity contribution in [2.75, 3.05) is 0 Å². The van der Waals surface area contributed by atoms with Crippen LogP contribution in [-0.4, -0.2) is 65.9 Å². The number of hydrogen-bond donors (Lipinski definition) is 1. The fraction of sp³-hybridized carbons (Fsp3) is 0.591. The van der Waals surface area contributed by atoms with Gasteiger partial charge in [0.2, 0.25) is 5.88 Å². The van der Waals surface area contributed by atoms with Crippen molar-refractivity contribution >= 4 is 41.1 Å². The molecule has 11 heteroatoms. The van der Waals surface area contributed by atoms with Crippen LogP contribution < -0.4 is 4.74 Å². The first-order chi connectivity index (χ1) is 15.2. The van der Waals surface area contributed by atoms with E-state index in [4.69, 9.17) is 21.1 Å². The molecular formula is C22H29B3ClN3O4. The molecule has 1 atom stereocenters. The predicted molar refractivity (Wildman–Crippen MR) is 132 cm³/mol. The first-order valence-electron chi connectivity index (χ1n) is 11.6. The van der Waals surface area contributed by atoms with Gasteiger partial charge in [-0.15, -0.1) is 5.10 Å². The van der Waals surface area contributed by atoms with E-state index in [1.165, 1.54) is 30.4 Å². The van der Waals surface area contributed by atoms with E-state index in [-0.39, 0.29) is 16.6 Å². The van der Waals surface area contributed by atoms with Crippen molar-refractivity contribution in [2.45, 2.75) is 63.0 Å². The van der Waals surface area contributed by atoms with Crippen LogP contribution in [0.5, 0.6) is 5.88 Å². The van der Waals surface area contributed by atoms with Crippen LogP contribution in [-0.2, 0) is 4.74 Å². The average molecular weight is 467 g/mol. The number of hydrogen-bond acceptors (Lipinski definition) is 6. The number of ether oxygens (including phenoxy) is 2. The van der Waals surface area contributed by atoms with Crippen molar-refractivity contribution < 1.29 is 19.4 Å². The van der Waals surface area contributed by atoms with Crippen LogP contribution in [0.1, 0.15) is 56.8 Å². The minimum Gasteiger partial charge on any atom is -0.487 e. The van der Waals surface area contributed by atoms with E-state index < -0.39 is 22.5 Å². The van der Waals surface area contributed by atoms with Gasteiger partial charge in [-0.05, 0) is 75.3 Å². The molecule has 2 aromatic heterocycles. The van der Waals surface area contributed by atoms with Gasteiger partial charge in [-0.1, -0.05) is 11.6 Å². The minimum atomic E-state index is -0.958. The number of nitrogens with zero attached hydrogens (tertiary/aromatic N) is 3. The Hall–Kier alpha value is -1.93. The number of carbonyl (C=O) groups is 1. The van der Waals surface area contributed by atoms with Crippen molar-refractivity contribution in [3.63, 3.8) is 0 Å². The Morgan fingerprint density at radius 2 is 1.76 bits per heavy atom. The number of aliphatic hydroxyl groups is 1. The Bertz CT molecular complexity index is 1120. The molecule has 1 unspecified atom stereocenters. The summed E-state index contributed by atoms with van der Waals surface area (Å²) in [6.45, 7) is 5.38. The van der Waals surface area contributed by atoms with Crippen LogP contribution in [0.4, 0.5) is 0 Å². The summed E-state index contributed by atoms with van der Waals surface area (Å²) in [6, 6.07) is 4.97. The molecule has 0 radical (unpaired) electrons. The fourth-order valence-corrected chi connectivity index (χ4v) is 6.12. The molecule has 2 aromatic rings. The standard InChI is InChI=1S/C22H29B3ClN3O4/c1-18(2,3)33-16(30)12-4-5-13(27-15(12)26)29-11-6-14(28-29)32-22(24,25)21(23,31)17-19(7-8-19)20(17)9-10-20/h4-6,11,17,31H,7-10,23-25H2,1-3H3. The second kappa shape index (κ2) is 6.82. The topological polar surface area (TPSA) is 86.5 Å². The number of aromatic nitrogens is 3. The largest absolute Gasteiger partial charge is 0.487 e. The third-order valence-corrected chi connectivity index (χ3v) is 8.27. The van der Waals surface area contributed by atoms with E-state index in [0.29, 0.717) is 22.5 Å². The van der Waals surface area contributed by atoms with Gasteiger partial charge in [-0.25, -0.2) is 14.5 Å². The molecular weight excluding hydrogens is 438 g/mol. The molecule has 0 aliphatic heterocycles.